The molecule has 2 aliphatic rings. The van der Waals surface area contributed by atoms with Crippen LogP contribution in [-0.4, -0.2) is 36.2 Å². The highest BCUT2D eigenvalue weighted by molar-refractivity contribution is 8.13. The molecule has 2 rings (SSSR count). The van der Waals surface area contributed by atoms with Crippen molar-refractivity contribution in [2.24, 2.45) is 10.9 Å². The third-order valence-corrected chi connectivity index (χ3v) is 4.72. The van der Waals surface area contributed by atoms with E-state index in [1.165, 1.54) is 31.4 Å². The first kappa shape index (κ1) is 14.2. The standard InChI is InChI=1S/C14H26N2OS/c1-11(2)13-7-10-18-14(16-13)15-8-6-12-5-3-4-9-17-12/h11-13H,3-10H2,1-2H3,(H,15,16). The Balaban J connectivity index is 1.71. The zero-order valence-electron chi connectivity index (χ0n) is 11.7. The number of amidine groups is 1. The molecule has 18 heavy (non-hydrogen) atoms. The molecule has 0 bridgehead atoms. The maximum atomic E-state index is 5.73. The molecular formula is C14H26N2OS. The summed E-state index contributed by atoms with van der Waals surface area (Å²) in [5.74, 6) is 1.90. The Morgan fingerprint density at radius 3 is 3.00 bits per heavy atom. The van der Waals surface area contributed by atoms with Crippen LogP contribution in [0.25, 0.3) is 0 Å². The number of hydrogen-bond donors (Lipinski definition) is 1. The highest BCUT2D eigenvalue weighted by atomic mass is 32.2. The Kier molecular flexibility index (Phi) is 5.83. The molecule has 0 saturated carbocycles. The van der Waals surface area contributed by atoms with Crippen LogP contribution in [0.4, 0.5) is 0 Å². The van der Waals surface area contributed by atoms with Gasteiger partial charge in [0, 0.05) is 24.9 Å². The normalized spacial score (nSPS) is 31.6. The van der Waals surface area contributed by atoms with Crippen molar-refractivity contribution in [1.82, 2.24) is 5.32 Å². The Hall–Kier alpha value is -0.220. The summed E-state index contributed by atoms with van der Waals surface area (Å²) in [4.78, 5) is 4.70. The van der Waals surface area contributed by atoms with Gasteiger partial charge in [-0.05, 0) is 38.0 Å². The Labute approximate surface area is 115 Å². The second-order valence-electron chi connectivity index (χ2n) is 5.60. The maximum absolute atomic E-state index is 5.73. The van der Waals surface area contributed by atoms with E-state index in [0.29, 0.717) is 18.1 Å². The van der Waals surface area contributed by atoms with Crippen molar-refractivity contribution in [2.45, 2.75) is 58.1 Å². The molecule has 4 heteroatoms. The van der Waals surface area contributed by atoms with Gasteiger partial charge in [0.05, 0.1) is 6.10 Å². The lowest BCUT2D eigenvalue weighted by Gasteiger charge is -2.28. The first-order chi connectivity index (χ1) is 8.75. The number of hydrogen-bond acceptors (Lipinski definition) is 3. The minimum Gasteiger partial charge on any atom is -0.378 e. The van der Waals surface area contributed by atoms with Crippen LogP contribution in [0.1, 0.15) is 46.0 Å². The Morgan fingerprint density at radius 2 is 2.28 bits per heavy atom. The van der Waals surface area contributed by atoms with Gasteiger partial charge in [0.2, 0.25) is 0 Å². The first-order valence-corrected chi connectivity index (χ1v) is 8.29. The second kappa shape index (κ2) is 7.39. The highest BCUT2D eigenvalue weighted by Gasteiger charge is 2.20. The van der Waals surface area contributed by atoms with Gasteiger partial charge < -0.3 is 10.1 Å². The number of ether oxygens (including phenoxy) is 1. The molecule has 0 amide bonds. The topological polar surface area (TPSA) is 33.6 Å². The van der Waals surface area contributed by atoms with E-state index < -0.39 is 0 Å². The van der Waals surface area contributed by atoms with Gasteiger partial charge in [-0.3, -0.25) is 4.99 Å². The number of nitrogens with one attached hydrogen (secondary N) is 1. The van der Waals surface area contributed by atoms with Crippen LogP contribution in [0, 0.1) is 5.92 Å². The van der Waals surface area contributed by atoms with Gasteiger partial charge in [-0.1, -0.05) is 25.6 Å². The Bertz CT molecular complexity index is 275. The van der Waals surface area contributed by atoms with Crippen molar-refractivity contribution in [2.75, 3.05) is 18.9 Å². The van der Waals surface area contributed by atoms with E-state index in [1.807, 2.05) is 11.8 Å². The average Bonchev–Trinajstić information content (AvgIpc) is 2.40. The number of nitrogens with zero attached hydrogens (tertiary/aromatic N) is 1. The summed E-state index contributed by atoms with van der Waals surface area (Å²) in [6.07, 6.45) is 6.57. The fourth-order valence-electron chi connectivity index (χ4n) is 2.49. The van der Waals surface area contributed by atoms with Gasteiger partial charge in [0.25, 0.3) is 0 Å². The quantitative estimate of drug-likeness (QED) is 0.852. The van der Waals surface area contributed by atoms with Gasteiger partial charge in [0.1, 0.15) is 0 Å². The van der Waals surface area contributed by atoms with Gasteiger partial charge in [0.15, 0.2) is 5.17 Å². The molecule has 0 aromatic rings. The molecule has 0 aromatic heterocycles. The minimum atomic E-state index is 0.456. The van der Waals surface area contributed by atoms with Crippen LogP contribution in [0.5, 0.6) is 0 Å². The summed E-state index contributed by atoms with van der Waals surface area (Å²) >= 11 is 1.87. The van der Waals surface area contributed by atoms with E-state index in [1.54, 1.807) is 0 Å². The fraction of sp³-hybridized carbons (Fsp3) is 0.929. The van der Waals surface area contributed by atoms with Crippen molar-refractivity contribution < 1.29 is 4.74 Å². The van der Waals surface area contributed by atoms with E-state index >= 15 is 0 Å². The monoisotopic (exact) mass is 270 g/mol. The lowest BCUT2D eigenvalue weighted by Crippen LogP contribution is -2.41. The molecule has 2 saturated heterocycles. The van der Waals surface area contributed by atoms with Gasteiger partial charge >= 0.3 is 0 Å². The van der Waals surface area contributed by atoms with Crippen LogP contribution in [0.15, 0.2) is 4.99 Å². The summed E-state index contributed by atoms with van der Waals surface area (Å²) in [5.41, 5.74) is 0. The molecule has 2 unspecified atom stereocenters. The van der Waals surface area contributed by atoms with Gasteiger partial charge in [-0.15, -0.1) is 0 Å². The summed E-state index contributed by atoms with van der Waals surface area (Å²) in [7, 11) is 0. The van der Waals surface area contributed by atoms with Crippen LogP contribution < -0.4 is 5.32 Å². The zero-order chi connectivity index (χ0) is 12.8. The van der Waals surface area contributed by atoms with Crippen LogP contribution in [0.3, 0.4) is 0 Å². The highest BCUT2D eigenvalue weighted by Crippen LogP contribution is 2.19. The van der Waals surface area contributed by atoms with Crippen molar-refractivity contribution in [3.63, 3.8) is 0 Å². The molecule has 3 nitrogen and oxygen atoms in total. The third kappa shape index (κ3) is 4.47. The van der Waals surface area contributed by atoms with E-state index in [9.17, 15) is 0 Å². The molecule has 2 fully saturated rings. The van der Waals surface area contributed by atoms with Crippen LogP contribution >= 0.6 is 11.8 Å². The molecule has 1 N–H and O–H groups in total. The van der Waals surface area contributed by atoms with E-state index in [4.69, 9.17) is 9.73 Å². The molecular weight excluding hydrogens is 244 g/mol. The third-order valence-electron chi connectivity index (χ3n) is 3.76. The Morgan fingerprint density at radius 1 is 1.39 bits per heavy atom. The SMILES string of the molecule is CC(C)C1CCSC(=NCCC2CCCCO2)N1. The van der Waals surface area contributed by atoms with E-state index in [0.717, 1.165) is 24.7 Å². The van der Waals surface area contributed by atoms with E-state index in [2.05, 4.69) is 19.2 Å². The van der Waals surface area contributed by atoms with Crippen molar-refractivity contribution in [3.8, 4) is 0 Å². The molecule has 0 aromatic carbocycles. The van der Waals surface area contributed by atoms with Gasteiger partial charge in [-0.25, -0.2) is 0 Å². The molecule has 0 spiro atoms. The molecule has 2 heterocycles. The summed E-state index contributed by atoms with van der Waals surface area (Å²) in [6.45, 7) is 6.41. The molecule has 0 radical (unpaired) electrons. The van der Waals surface area contributed by atoms with Crippen molar-refractivity contribution in [3.05, 3.63) is 0 Å². The number of aliphatic imine (C=N–C) groups is 1. The summed E-state index contributed by atoms with van der Waals surface area (Å²) in [6, 6.07) is 0.607. The van der Waals surface area contributed by atoms with Gasteiger partial charge in [-0.2, -0.15) is 0 Å². The summed E-state index contributed by atoms with van der Waals surface area (Å²) in [5, 5.41) is 4.71. The average molecular weight is 270 g/mol. The predicted octanol–water partition coefficient (Wildman–Crippen LogP) is 3.05. The second-order valence-corrected chi connectivity index (χ2v) is 6.68. The molecule has 2 aliphatic heterocycles. The lowest BCUT2D eigenvalue weighted by atomic mass is 10.0. The van der Waals surface area contributed by atoms with Crippen LogP contribution in [-0.2, 0) is 4.74 Å². The first-order valence-electron chi connectivity index (χ1n) is 7.31. The lowest BCUT2D eigenvalue weighted by molar-refractivity contribution is 0.0129. The van der Waals surface area contributed by atoms with Crippen molar-refractivity contribution in [1.29, 1.82) is 0 Å². The molecule has 104 valence electrons. The molecule has 2 atom stereocenters. The molecule has 0 aliphatic carbocycles. The number of thioether (sulfide) groups is 1. The minimum absolute atomic E-state index is 0.456. The largest absolute Gasteiger partial charge is 0.378 e. The smallest absolute Gasteiger partial charge is 0.156 e. The van der Waals surface area contributed by atoms with E-state index in [-0.39, 0.29) is 0 Å². The maximum Gasteiger partial charge on any atom is 0.156 e. The summed E-state index contributed by atoms with van der Waals surface area (Å²) < 4.78 is 5.73. The number of rotatable bonds is 4. The van der Waals surface area contributed by atoms with Crippen molar-refractivity contribution >= 4 is 16.9 Å². The predicted molar refractivity (Wildman–Crippen MR) is 79.3 cm³/mol. The van der Waals surface area contributed by atoms with Crippen LogP contribution in [0.2, 0.25) is 0 Å². The fourth-order valence-corrected chi connectivity index (χ4v) is 3.47. The zero-order valence-corrected chi connectivity index (χ0v) is 12.5.